The van der Waals surface area contributed by atoms with E-state index in [4.69, 9.17) is 10.2 Å². The van der Waals surface area contributed by atoms with Crippen LogP contribution in [-0.2, 0) is 13.1 Å². The number of pyridine rings is 2. The third-order valence-electron chi connectivity index (χ3n) is 10.2. The van der Waals surface area contributed by atoms with E-state index in [2.05, 4.69) is 10.6 Å². The molecule has 4 N–H and O–H groups in total. The van der Waals surface area contributed by atoms with Gasteiger partial charge in [-0.05, 0) is 72.6 Å². The smallest absolute Gasteiger partial charge is 0.263 e. The van der Waals surface area contributed by atoms with Crippen molar-refractivity contribution in [1.29, 1.82) is 0 Å². The summed E-state index contributed by atoms with van der Waals surface area (Å²) >= 11 is 0. The first-order valence-electron chi connectivity index (χ1n) is 18.4. The largest absolute Gasteiger partial charge is 0.396 e. The molecule has 2 amide bonds. The van der Waals surface area contributed by atoms with Crippen molar-refractivity contribution in [3.8, 4) is 0 Å². The predicted molar refractivity (Wildman–Crippen MR) is 204 cm³/mol. The van der Waals surface area contributed by atoms with E-state index in [0.29, 0.717) is 48.9 Å². The van der Waals surface area contributed by atoms with E-state index in [-0.39, 0.29) is 47.7 Å². The second-order valence-electron chi connectivity index (χ2n) is 14.1. The molecule has 0 radical (unpaired) electrons. The van der Waals surface area contributed by atoms with Gasteiger partial charge in [0.05, 0.1) is 13.1 Å². The molecule has 2 aromatic heterocycles. The van der Waals surface area contributed by atoms with Crippen LogP contribution in [0.15, 0.2) is 94.8 Å². The lowest BCUT2D eigenvalue weighted by molar-refractivity contribution is 0.0948. The highest BCUT2D eigenvalue weighted by molar-refractivity contribution is 6.01. The Bertz CT molecular complexity index is 1930. The normalized spacial score (nSPS) is 18.1. The standard InChI is InChI=1S/2C21H24N2O4/c2*1-22-20(26)18-10-17(19(25)11-16-9-15(16)7-8-24)13-23(21(18)27)12-14-5-3-2-4-6-14/h2*2-6,10,13,15-16,24H,7-9,11-12H2,1H3,(H,22,26)/t2*15-,16+/m10/s1. The Kier molecular flexibility index (Phi) is 13.6. The third kappa shape index (κ3) is 10.4. The van der Waals surface area contributed by atoms with E-state index in [0.717, 1.165) is 36.8 Å². The van der Waals surface area contributed by atoms with E-state index in [1.807, 2.05) is 60.7 Å². The van der Waals surface area contributed by atoms with Crippen LogP contribution in [0.5, 0.6) is 0 Å². The van der Waals surface area contributed by atoms with Crippen LogP contribution in [0.4, 0.5) is 0 Å². The molecule has 12 nitrogen and oxygen atoms in total. The number of hydrogen-bond donors (Lipinski definition) is 4. The first kappa shape index (κ1) is 39.7. The molecule has 2 saturated carbocycles. The topological polar surface area (TPSA) is 177 Å². The van der Waals surface area contributed by atoms with Crippen LogP contribution in [0.3, 0.4) is 0 Å². The number of nitrogens with one attached hydrogen (secondary N) is 2. The molecule has 0 spiro atoms. The van der Waals surface area contributed by atoms with Crippen molar-refractivity contribution >= 4 is 23.4 Å². The van der Waals surface area contributed by atoms with Gasteiger partial charge in [-0.2, -0.15) is 0 Å². The third-order valence-corrected chi connectivity index (χ3v) is 10.2. The van der Waals surface area contributed by atoms with Crippen molar-refractivity contribution in [2.24, 2.45) is 23.7 Å². The van der Waals surface area contributed by atoms with Gasteiger partial charge in [-0.15, -0.1) is 0 Å². The lowest BCUT2D eigenvalue weighted by Gasteiger charge is -2.11. The highest BCUT2D eigenvalue weighted by Gasteiger charge is 2.39. The van der Waals surface area contributed by atoms with Gasteiger partial charge in [0.1, 0.15) is 11.1 Å². The first-order valence-corrected chi connectivity index (χ1v) is 18.4. The summed E-state index contributed by atoms with van der Waals surface area (Å²) in [6, 6.07) is 21.7. The highest BCUT2D eigenvalue weighted by Crippen LogP contribution is 2.44. The van der Waals surface area contributed by atoms with Crippen LogP contribution in [-0.4, -0.2) is 70.0 Å². The molecule has 2 fully saturated rings. The van der Waals surface area contributed by atoms with Gasteiger partial charge < -0.3 is 30.0 Å². The second kappa shape index (κ2) is 18.5. The van der Waals surface area contributed by atoms with Crippen molar-refractivity contribution in [3.05, 3.63) is 139 Å². The van der Waals surface area contributed by atoms with Gasteiger partial charge in [0.2, 0.25) is 0 Å². The number of benzene rings is 2. The summed E-state index contributed by atoms with van der Waals surface area (Å²) in [5.74, 6) is 0.201. The van der Waals surface area contributed by atoms with Crippen LogP contribution in [0.1, 0.15) is 91.1 Å². The summed E-state index contributed by atoms with van der Waals surface area (Å²) in [5.41, 5.74) is 1.69. The van der Waals surface area contributed by atoms with Crippen LogP contribution in [0.2, 0.25) is 0 Å². The number of aliphatic hydroxyl groups excluding tert-OH is 2. The molecule has 284 valence electrons. The van der Waals surface area contributed by atoms with Gasteiger partial charge in [0.25, 0.3) is 22.9 Å². The quantitative estimate of drug-likeness (QED) is 0.126. The molecule has 0 bridgehead atoms. The molecule has 2 aliphatic carbocycles. The van der Waals surface area contributed by atoms with Crippen LogP contribution in [0.25, 0.3) is 0 Å². The Morgan fingerprint density at radius 3 is 1.31 bits per heavy atom. The van der Waals surface area contributed by atoms with Crippen LogP contribution in [0, 0.1) is 23.7 Å². The summed E-state index contributed by atoms with van der Waals surface area (Å²) in [7, 11) is 2.92. The van der Waals surface area contributed by atoms with Gasteiger partial charge >= 0.3 is 0 Å². The van der Waals surface area contributed by atoms with E-state index < -0.39 is 22.9 Å². The molecule has 0 saturated heterocycles. The Balaban J connectivity index is 0.000000208. The van der Waals surface area contributed by atoms with Gasteiger partial charge in [0.15, 0.2) is 11.6 Å². The highest BCUT2D eigenvalue weighted by atomic mass is 16.3. The summed E-state index contributed by atoms with van der Waals surface area (Å²) in [6.45, 7) is 0.860. The van der Waals surface area contributed by atoms with E-state index in [1.54, 1.807) is 12.4 Å². The summed E-state index contributed by atoms with van der Waals surface area (Å²) in [4.78, 5) is 75.0. The number of hydrogen-bond acceptors (Lipinski definition) is 8. The number of aromatic nitrogens is 2. The molecule has 4 aromatic rings. The van der Waals surface area contributed by atoms with Crippen molar-refractivity contribution < 1.29 is 29.4 Å². The number of ketones is 2. The summed E-state index contributed by atoms with van der Waals surface area (Å²) in [6.07, 6.45) is 7.17. The zero-order valence-corrected chi connectivity index (χ0v) is 30.7. The Morgan fingerprint density at radius 1 is 0.611 bits per heavy atom. The number of carbonyl (C=O) groups excluding carboxylic acids is 4. The minimum absolute atomic E-state index is 0.0259. The van der Waals surface area contributed by atoms with Crippen molar-refractivity contribution in [3.63, 3.8) is 0 Å². The van der Waals surface area contributed by atoms with E-state index in [1.165, 1.54) is 35.4 Å². The number of aliphatic hydroxyl groups is 2. The number of nitrogens with zero attached hydrogens (tertiary/aromatic N) is 2. The van der Waals surface area contributed by atoms with Crippen LogP contribution < -0.4 is 21.8 Å². The van der Waals surface area contributed by atoms with Crippen molar-refractivity contribution in [1.82, 2.24) is 19.8 Å². The Morgan fingerprint density at radius 2 is 0.981 bits per heavy atom. The second-order valence-corrected chi connectivity index (χ2v) is 14.1. The molecule has 2 aromatic carbocycles. The Hall–Kier alpha value is -5.46. The number of carbonyl (C=O) groups is 4. The molecule has 2 heterocycles. The van der Waals surface area contributed by atoms with E-state index >= 15 is 0 Å². The molecular formula is C42H48N4O8. The lowest BCUT2D eigenvalue weighted by atomic mass is 10.0. The molecule has 12 heteroatoms. The summed E-state index contributed by atoms with van der Waals surface area (Å²) < 4.78 is 2.84. The molecule has 0 aliphatic heterocycles. The molecule has 54 heavy (non-hydrogen) atoms. The molecular weight excluding hydrogens is 688 g/mol. The molecule has 4 atom stereocenters. The number of rotatable bonds is 16. The van der Waals surface area contributed by atoms with E-state index in [9.17, 15) is 28.8 Å². The average Bonchev–Trinajstić information content (AvgIpc) is 4.11. The van der Waals surface area contributed by atoms with Crippen molar-refractivity contribution in [2.75, 3.05) is 27.3 Å². The minimum atomic E-state index is -0.499. The lowest BCUT2D eigenvalue weighted by Crippen LogP contribution is -2.32. The van der Waals surface area contributed by atoms with Gasteiger partial charge in [-0.1, -0.05) is 60.7 Å². The maximum absolute atomic E-state index is 12.7. The van der Waals surface area contributed by atoms with Crippen LogP contribution >= 0.6 is 0 Å². The SMILES string of the molecule is CNC(=O)c1cc(C(=O)C[C@@H]2C[C@H]2CCO)cn(Cc2ccccc2)c1=O.CNC(=O)c1cc(C(=O)C[C@H]2C[C@@H]2CCO)cn(Cc2ccccc2)c1=O. The monoisotopic (exact) mass is 736 g/mol. The summed E-state index contributed by atoms with van der Waals surface area (Å²) in [5, 5.41) is 22.9. The fourth-order valence-corrected chi connectivity index (χ4v) is 6.84. The fraction of sp³-hybridized carbons (Fsp3) is 0.381. The fourth-order valence-electron chi connectivity index (χ4n) is 6.84. The number of Topliss-reactive ketones (excluding diaryl/α,β-unsaturated/α-hetero) is 2. The first-order chi connectivity index (χ1) is 26.1. The van der Waals surface area contributed by atoms with Gasteiger partial charge in [0, 0.05) is 63.7 Å². The molecule has 0 unspecified atom stereocenters. The number of amides is 2. The minimum Gasteiger partial charge on any atom is -0.396 e. The zero-order chi connectivity index (χ0) is 38.8. The molecule has 6 rings (SSSR count). The predicted octanol–water partition coefficient (Wildman–Crippen LogP) is 3.70. The molecule has 2 aliphatic rings. The Labute approximate surface area is 313 Å². The van der Waals surface area contributed by atoms with Crippen molar-refractivity contribution in [2.45, 2.75) is 51.6 Å². The maximum Gasteiger partial charge on any atom is 0.263 e. The van der Waals surface area contributed by atoms with Gasteiger partial charge in [-0.3, -0.25) is 28.8 Å². The average molecular weight is 737 g/mol. The zero-order valence-electron chi connectivity index (χ0n) is 30.7. The van der Waals surface area contributed by atoms with Gasteiger partial charge in [-0.25, -0.2) is 0 Å². The maximum atomic E-state index is 12.7.